The molecule has 1 aromatic carbocycles. The molecule has 5 nitrogen and oxygen atoms in total. The number of aliphatic hydroxyl groups is 1. The maximum atomic E-state index is 11.7. The molecule has 0 heterocycles. The number of carboxylic acid groups (broad SMARTS) is 1. The van der Waals surface area contributed by atoms with E-state index in [0.29, 0.717) is 5.56 Å². The molecule has 0 spiro atoms. The molecule has 18 heavy (non-hydrogen) atoms. The molecule has 3 N–H and O–H groups in total. The number of benzene rings is 1. The highest BCUT2D eigenvalue weighted by molar-refractivity contribution is 5.87. The van der Waals surface area contributed by atoms with E-state index in [-0.39, 0.29) is 5.92 Å². The lowest BCUT2D eigenvalue weighted by Gasteiger charge is -2.20. The number of carbonyl (C=O) groups excluding carboxylic acids is 1. The molecule has 1 amide bonds. The first-order chi connectivity index (χ1) is 8.43. The molecule has 0 bridgehead atoms. The summed E-state index contributed by atoms with van der Waals surface area (Å²) in [4.78, 5) is 22.7. The van der Waals surface area contributed by atoms with Crippen molar-refractivity contribution in [3.8, 4) is 0 Å². The van der Waals surface area contributed by atoms with Crippen LogP contribution in [0.1, 0.15) is 25.5 Å². The van der Waals surface area contributed by atoms with Crippen molar-refractivity contribution in [2.24, 2.45) is 5.92 Å². The van der Waals surface area contributed by atoms with Crippen LogP contribution in [0.4, 0.5) is 0 Å². The van der Waals surface area contributed by atoms with Crippen LogP contribution in [0.15, 0.2) is 30.3 Å². The number of aliphatic hydroxyl groups excluding tert-OH is 1. The zero-order chi connectivity index (χ0) is 13.7. The van der Waals surface area contributed by atoms with Gasteiger partial charge in [0.2, 0.25) is 0 Å². The Morgan fingerprint density at radius 2 is 1.72 bits per heavy atom. The normalized spacial score (nSPS) is 14.0. The van der Waals surface area contributed by atoms with Crippen molar-refractivity contribution in [1.29, 1.82) is 0 Å². The first-order valence-electron chi connectivity index (χ1n) is 5.69. The van der Waals surface area contributed by atoms with Crippen molar-refractivity contribution in [2.45, 2.75) is 26.0 Å². The average Bonchev–Trinajstić information content (AvgIpc) is 2.35. The maximum absolute atomic E-state index is 11.7. The van der Waals surface area contributed by atoms with Gasteiger partial charge in [-0.25, -0.2) is 4.79 Å². The van der Waals surface area contributed by atoms with Crippen molar-refractivity contribution < 1.29 is 19.8 Å². The largest absolute Gasteiger partial charge is 0.480 e. The third-order valence-corrected chi connectivity index (χ3v) is 2.59. The molecule has 0 radical (unpaired) electrons. The fraction of sp³-hybridized carbons (Fsp3) is 0.385. The summed E-state index contributed by atoms with van der Waals surface area (Å²) in [6.45, 7) is 3.38. The van der Waals surface area contributed by atoms with Gasteiger partial charge in [-0.3, -0.25) is 4.79 Å². The topological polar surface area (TPSA) is 86.6 Å². The molecule has 2 atom stereocenters. The molecule has 5 heteroatoms. The van der Waals surface area contributed by atoms with E-state index in [9.17, 15) is 14.7 Å². The highest BCUT2D eigenvalue weighted by atomic mass is 16.4. The third-order valence-electron chi connectivity index (χ3n) is 2.59. The zero-order valence-corrected chi connectivity index (χ0v) is 10.3. The van der Waals surface area contributed by atoms with Crippen LogP contribution in [-0.2, 0) is 9.59 Å². The Hall–Kier alpha value is -1.88. The monoisotopic (exact) mass is 251 g/mol. The minimum atomic E-state index is -1.35. The van der Waals surface area contributed by atoms with Gasteiger partial charge >= 0.3 is 5.97 Å². The van der Waals surface area contributed by atoms with E-state index in [1.54, 1.807) is 44.2 Å². The fourth-order valence-electron chi connectivity index (χ4n) is 1.53. The van der Waals surface area contributed by atoms with Gasteiger partial charge in [-0.15, -0.1) is 0 Å². The van der Waals surface area contributed by atoms with Crippen molar-refractivity contribution in [2.75, 3.05) is 0 Å². The molecular weight excluding hydrogens is 234 g/mol. The summed E-state index contributed by atoms with van der Waals surface area (Å²) in [6, 6.07) is 7.37. The first-order valence-corrected chi connectivity index (χ1v) is 5.69. The van der Waals surface area contributed by atoms with Gasteiger partial charge in [-0.2, -0.15) is 0 Å². The summed E-state index contributed by atoms with van der Waals surface area (Å²) in [5.74, 6) is -2.07. The number of hydrogen-bond acceptors (Lipinski definition) is 3. The van der Waals surface area contributed by atoms with Crippen LogP contribution in [0.25, 0.3) is 0 Å². The minimum absolute atomic E-state index is 0.255. The molecule has 98 valence electrons. The van der Waals surface area contributed by atoms with Crippen LogP contribution in [0, 0.1) is 5.92 Å². The van der Waals surface area contributed by atoms with Crippen molar-refractivity contribution in [1.82, 2.24) is 5.32 Å². The maximum Gasteiger partial charge on any atom is 0.326 e. The lowest BCUT2D eigenvalue weighted by molar-refractivity contribution is -0.144. The summed E-state index contributed by atoms with van der Waals surface area (Å²) in [5.41, 5.74) is 0.433. The predicted molar refractivity (Wildman–Crippen MR) is 65.8 cm³/mol. The van der Waals surface area contributed by atoms with E-state index in [1.807, 2.05) is 0 Å². The van der Waals surface area contributed by atoms with Gasteiger partial charge in [0.25, 0.3) is 5.91 Å². The summed E-state index contributed by atoms with van der Waals surface area (Å²) in [7, 11) is 0. The molecule has 0 aliphatic rings. The second kappa shape index (κ2) is 6.16. The molecule has 0 aliphatic carbocycles. The smallest absolute Gasteiger partial charge is 0.326 e. The SMILES string of the molecule is CC(C)[C@H](NC(=O)C(O)c1ccccc1)C(=O)O. The predicted octanol–water partition coefficient (Wildman–Crippen LogP) is 0.945. The van der Waals surface area contributed by atoms with E-state index in [2.05, 4.69) is 5.32 Å². The standard InChI is InChI=1S/C13H17NO4/c1-8(2)10(13(17)18)14-12(16)11(15)9-6-4-3-5-7-9/h3-8,10-11,15H,1-2H3,(H,14,16)(H,17,18)/t10-,11?/m0/s1. The van der Waals surface area contributed by atoms with Gasteiger partial charge in [-0.1, -0.05) is 44.2 Å². The van der Waals surface area contributed by atoms with Gasteiger partial charge < -0.3 is 15.5 Å². The number of amides is 1. The lowest BCUT2D eigenvalue weighted by atomic mass is 10.0. The van der Waals surface area contributed by atoms with Crippen LogP contribution in [0.5, 0.6) is 0 Å². The number of aliphatic carboxylic acids is 1. The Kier molecular flexibility index (Phi) is 4.85. The Morgan fingerprint density at radius 1 is 1.17 bits per heavy atom. The Labute approximate surface area is 105 Å². The summed E-state index contributed by atoms with van der Waals surface area (Å²) in [5, 5.41) is 21.1. The third kappa shape index (κ3) is 3.56. The van der Waals surface area contributed by atoms with Crippen LogP contribution in [0.2, 0.25) is 0 Å². The molecule has 1 unspecified atom stereocenters. The van der Waals surface area contributed by atoms with E-state index >= 15 is 0 Å². The fourth-order valence-corrected chi connectivity index (χ4v) is 1.53. The van der Waals surface area contributed by atoms with E-state index in [1.165, 1.54) is 0 Å². The van der Waals surface area contributed by atoms with Crippen LogP contribution in [0.3, 0.4) is 0 Å². The highest BCUT2D eigenvalue weighted by Gasteiger charge is 2.26. The van der Waals surface area contributed by atoms with Crippen molar-refractivity contribution in [3.05, 3.63) is 35.9 Å². The molecule has 0 saturated carbocycles. The van der Waals surface area contributed by atoms with Gasteiger partial charge in [0, 0.05) is 0 Å². The summed E-state index contributed by atoms with van der Waals surface area (Å²) >= 11 is 0. The van der Waals surface area contributed by atoms with Gasteiger partial charge in [-0.05, 0) is 11.5 Å². The summed E-state index contributed by atoms with van der Waals surface area (Å²) < 4.78 is 0. The van der Waals surface area contributed by atoms with Crippen LogP contribution in [-0.4, -0.2) is 28.1 Å². The lowest BCUT2D eigenvalue weighted by Crippen LogP contribution is -2.46. The molecule has 0 aliphatic heterocycles. The Balaban J connectivity index is 2.73. The number of carboxylic acids is 1. The molecule has 0 saturated heterocycles. The number of hydrogen-bond donors (Lipinski definition) is 3. The second-order valence-electron chi connectivity index (χ2n) is 4.38. The molecule has 1 rings (SSSR count). The van der Waals surface area contributed by atoms with Crippen molar-refractivity contribution in [3.63, 3.8) is 0 Å². The Morgan fingerprint density at radius 3 is 2.17 bits per heavy atom. The van der Waals surface area contributed by atoms with Gasteiger partial charge in [0.15, 0.2) is 6.10 Å². The second-order valence-corrected chi connectivity index (χ2v) is 4.38. The molecule has 1 aromatic rings. The molecule has 0 fully saturated rings. The van der Waals surface area contributed by atoms with E-state index in [0.717, 1.165) is 0 Å². The number of carbonyl (C=O) groups is 2. The number of nitrogens with one attached hydrogen (secondary N) is 1. The Bertz CT molecular complexity index is 416. The van der Waals surface area contributed by atoms with Crippen molar-refractivity contribution >= 4 is 11.9 Å². The van der Waals surface area contributed by atoms with Gasteiger partial charge in [0.05, 0.1) is 0 Å². The van der Waals surface area contributed by atoms with Crippen LogP contribution >= 0.6 is 0 Å². The average molecular weight is 251 g/mol. The molecule has 0 aromatic heterocycles. The zero-order valence-electron chi connectivity index (χ0n) is 10.3. The molecular formula is C13H17NO4. The summed E-state index contributed by atoms with van der Waals surface area (Å²) in [6.07, 6.45) is -1.35. The quantitative estimate of drug-likeness (QED) is 0.727. The first kappa shape index (κ1) is 14.2. The van der Waals surface area contributed by atoms with E-state index < -0.39 is 24.0 Å². The van der Waals surface area contributed by atoms with E-state index in [4.69, 9.17) is 5.11 Å². The van der Waals surface area contributed by atoms with Crippen LogP contribution < -0.4 is 5.32 Å². The van der Waals surface area contributed by atoms with Gasteiger partial charge in [0.1, 0.15) is 6.04 Å². The highest BCUT2D eigenvalue weighted by Crippen LogP contribution is 2.13. The number of rotatable bonds is 5. The minimum Gasteiger partial charge on any atom is -0.480 e.